The molecule has 1 fully saturated rings. The summed E-state index contributed by atoms with van der Waals surface area (Å²) in [6, 6.07) is 1.27. The lowest BCUT2D eigenvalue weighted by Crippen LogP contribution is -2.42. The highest BCUT2D eigenvalue weighted by Gasteiger charge is 2.34. The van der Waals surface area contributed by atoms with Crippen molar-refractivity contribution >= 4 is 0 Å². The number of nitrogens with two attached hydrogens (primary N) is 1. The molecule has 16 heavy (non-hydrogen) atoms. The Balaban J connectivity index is 2.55. The summed E-state index contributed by atoms with van der Waals surface area (Å²) < 4.78 is 0. The highest BCUT2D eigenvalue weighted by Crippen LogP contribution is 2.24. The fraction of sp³-hybridized carbons (Fsp3) is 1.00. The third kappa shape index (κ3) is 3.44. The smallest absolute Gasteiger partial charge is 0.0254 e. The average molecular weight is 227 g/mol. The van der Waals surface area contributed by atoms with E-state index >= 15 is 0 Å². The first kappa shape index (κ1) is 13.9. The van der Waals surface area contributed by atoms with E-state index in [1.165, 1.54) is 19.5 Å². The molecule has 1 saturated heterocycles. The number of likely N-dealkylation sites (tertiary alicyclic amines) is 1. The van der Waals surface area contributed by atoms with Crippen LogP contribution in [0.15, 0.2) is 0 Å². The second-order valence-corrected chi connectivity index (χ2v) is 5.98. The molecule has 0 bridgehead atoms. The maximum absolute atomic E-state index is 5.91. The van der Waals surface area contributed by atoms with E-state index in [1.54, 1.807) is 0 Å². The molecule has 3 atom stereocenters. The Kier molecular flexibility index (Phi) is 5.22. The number of likely N-dealkylation sites (N-methyl/N-ethyl adjacent to an activating group) is 1. The standard InChI is InChI=1S/C13H29N3/c1-10(2)6-12(7-14)16-8-11(3)13(9-16)15(4)5/h10-13H,6-9,14H2,1-5H3. The molecule has 0 aromatic carbocycles. The van der Waals surface area contributed by atoms with Crippen LogP contribution in [0.5, 0.6) is 0 Å². The maximum Gasteiger partial charge on any atom is 0.0254 e. The molecular formula is C13H29N3. The van der Waals surface area contributed by atoms with Crippen LogP contribution < -0.4 is 5.73 Å². The van der Waals surface area contributed by atoms with Crippen molar-refractivity contribution in [1.29, 1.82) is 0 Å². The first-order chi connectivity index (χ1) is 7.45. The van der Waals surface area contributed by atoms with Crippen LogP contribution in [0, 0.1) is 11.8 Å². The van der Waals surface area contributed by atoms with E-state index in [4.69, 9.17) is 5.73 Å². The van der Waals surface area contributed by atoms with Gasteiger partial charge in [-0.2, -0.15) is 0 Å². The molecule has 0 radical (unpaired) electrons. The summed E-state index contributed by atoms with van der Waals surface area (Å²) in [5.41, 5.74) is 5.91. The molecule has 1 aliphatic heterocycles. The second kappa shape index (κ2) is 5.99. The Morgan fingerprint density at radius 1 is 1.31 bits per heavy atom. The number of hydrogen-bond acceptors (Lipinski definition) is 3. The number of rotatable bonds is 5. The molecular weight excluding hydrogens is 198 g/mol. The Morgan fingerprint density at radius 2 is 1.94 bits per heavy atom. The molecule has 0 aromatic heterocycles. The molecule has 0 amide bonds. The van der Waals surface area contributed by atoms with E-state index in [-0.39, 0.29) is 0 Å². The van der Waals surface area contributed by atoms with E-state index < -0.39 is 0 Å². The van der Waals surface area contributed by atoms with Gasteiger partial charge in [0.15, 0.2) is 0 Å². The Morgan fingerprint density at radius 3 is 2.31 bits per heavy atom. The molecule has 2 N–H and O–H groups in total. The van der Waals surface area contributed by atoms with Crippen molar-refractivity contribution in [1.82, 2.24) is 9.80 Å². The monoisotopic (exact) mass is 227 g/mol. The van der Waals surface area contributed by atoms with Gasteiger partial charge in [-0.25, -0.2) is 0 Å². The fourth-order valence-corrected chi connectivity index (χ4v) is 2.90. The predicted molar refractivity (Wildman–Crippen MR) is 70.5 cm³/mol. The van der Waals surface area contributed by atoms with Gasteiger partial charge in [0.1, 0.15) is 0 Å². The van der Waals surface area contributed by atoms with Gasteiger partial charge < -0.3 is 10.6 Å². The molecule has 96 valence electrons. The molecule has 0 aliphatic carbocycles. The quantitative estimate of drug-likeness (QED) is 0.767. The molecule has 3 unspecified atom stereocenters. The minimum absolute atomic E-state index is 0.576. The third-order valence-corrected chi connectivity index (χ3v) is 3.80. The zero-order valence-electron chi connectivity index (χ0n) is 11.6. The number of hydrogen-bond donors (Lipinski definition) is 1. The summed E-state index contributed by atoms with van der Waals surface area (Å²) in [5, 5.41) is 0. The Labute approximate surface area is 101 Å². The summed E-state index contributed by atoms with van der Waals surface area (Å²) >= 11 is 0. The first-order valence-corrected chi connectivity index (χ1v) is 6.56. The first-order valence-electron chi connectivity index (χ1n) is 6.56. The maximum atomic E-state index is 5.91. The van der Waals surface area contributed by atoms with Gasteiger partial charge in [-0.15, -0.1) is 0 Å². The van der Waals surface area contributed by atoms with Crippen LogP contribution in [0.4, 0.5) is 0 Å². The summed E-state index contributed by atoms with van der Waals surface area (Å²) in [7, 11) is 4.37. The second-order valence-electron chi connectivity index (χ2n) is 5.98. The van der Waals surface area contributed by atoms with Crippen molar-refractivity contribution in [2.24, 2.45) is 17.6 Å². The summed E-state index contributed by atoms with van der Waals surface area (Å²) in [6.45, 7) is 10.1. The van der Waals surface area contributed by atoms with Crippen molar-refractivity contribution in [3.63, 3.8) is 0 Å². The van der Waals surface area contributed by atoms with E-state index in [2.05, 4.69) is 44.7 Å². The minimum Gasteiger partial charge on any atom is -0.329 e. The summed E-state index contributed by atoms with van der Waals surface area (Å²) in [6.07, 6.45) is 1.23. The summed E-state index contributed by atoms with van der Waals surface area (Å²) in [4.78, 5) is 4.95. The lowest BCUT2D eigenvalue weighted by Gasteiger charge is -2.29. The molecule has 1 aliphatic rings. The van der Waals surface area contributed by atoms with Crippen LogP contribution in [0.2, 0.25) is 0 Å². The predicted octanol–water partition coefficient (Wildman–Crippen LogP) is 1.24. The lowest BCUT2D eigenvalue weighted by atomic mass is 10.0. The van der Waals surface area contributed by atoms with Gasteiger partial charge in [0, 0.05) is 31.7 Å². The van der Waals surface area contributed by atoms with Gasteiger partial charge in [-0.05, 0) is 32.4 Å². The van der Waals surface area contributed by atoms with Gasteiger partial charge in [0.05, 0.1) is 0 Å². The van der Waals surface area contributed by atoms with Gasteiger partial charge in [-0.3, -0.25) is 4.90 Å². The van der Waals surface area contributed by atoms with Crippen molar-refractivity contribution in [3.8, 4) is 0 Å². The largest absolute Gasteiger partial charge is 0.329 e. The van der Waals surface area contributed by atoms with Gasteiger partial charge in [0.2, 0.25) is 0 Å². The Hall–Kier alpha value is -0.120. The van der Waals surface area contributed by atoms with Crippen LogP contribution in [0.3, 0.4) is 0 Å². The normalized spacial score (nSPS) is 29.2. The van der Waals surface area contributed by atoms with Crippen LogP contribution in [-0.2, 0) is 0 Å². The lowest BCUT2D eigenvalue weighted by molar-refractivity contribution is 0.197. The molecule has 0 aromatic rings. The highest BCUT2D eigenvalue weighted by molar-refractivity contribution is 4.90. The van der Waals surface area contributed by atoms with E-state index in [0.717, 1.165) is 18.4 Å². The zero-order chi connectivity index (χ0) is 12.3. The molecule has 1 heterocycles. The molecule has 3 heteroatoms. The van der Waals surface area contributed by atoms with Gasteiger partial charge in [-0.1, -0.05) is 20.8 Å². The average Bonchev–Trinajstić information content (AvgIpc) is 2.56. The van der Waals surface area contributed by atoms with Gasteiger partial charge in [0.25, 0.3) is 0 Å². The molecule has 1 rings (SSSR count). The van der Waals surface area contributed by atoms with E-state index in [9.17, 15) is 0 Å². The van der Waals surface area contributed by atoms with E-state index in [1.807, 2.05) is 0 Å². The van der Waals surface area contributed by atoms with E-state index in [0.29, 0.717) is 12.1 Å². The molecule has 0 spiro atoms. The van der Waals surface area contributed by atoms with Crippen LogP contribution in [0.25, 0.3) is 0 Å². The molecule has 3 nitrogen and oxygen atoms in total. The fourth-order valence-electron chi connectivity index (χ4n) is 2.90. The third-order valence-electron chi connectivity index (χ3n) is 3.80. The van der Waals surface area contributed by atoms with Crippen molar-refractivity contribution < 1.29 is 0 Å². The minimum atomic E-state index is 0.576. The van der Waals surface area contributed by atoms with Crippen molar-refractivity contribution in [3.05, 3.63) is 0 Å². The zero-order valence-corrected chi connectivity index (χ0v) is 11.6. The summed E-state index contributed by atoms with van der Waals surface area (Å²) in [5.74, 6) is 1.50. The van der Waals surface area contributed by atoms with Crippen LogP contribution >= 0.6 is 0 Å². The highest BCUT2D eigenvalue weighted by atomic mass is 15.3. The Bertz CT molecular complexity index is 203. The molecule has 0 saturated carbocycles. The van der Waals surface area contributed by atoms with Crippen LogP contribution in [-0.4, -0.2) is 55.6 Å². The van der Waals surface area contributed by atoms with Crippen molar-refractivity contribution in [2.45, 2.75) is 39.3 Å². The van der Waals surface area contributed by atoms with Crippen LogP contribution in [0.1, 0.15) is 27.2 Å². The SMILES string of the molecule is CC(C)CC(CN)N1CC(C)C(N(C)C)C1. The number of nitrogens with zero attached hydrogens (tertiary/aromatic N) is 2. The van der Waals surface area contributed by atoms with Gasteiger partial charge >= 0.3 is 0 Å². The van der Waals surface area contributed by atoms with Crippen molar-refractivity contribution in [2.75, 3.05) is 33.7 Å². The topological polar surface area (TPSA) is 32.5 Å².